The summed E-state index contributed by atoms with van der Waals surface area (Å²) in [7, 11) is 0. The maximum atomic E-state index is 13.5. The van der Waals surface area contributed by atoms with Gasteiger partial charge in [0, 0.05) is 0 Å². The first-order valence-electron chi connectivity index (χ1n) is 7.78. The molecule has 2 aromatic rings. The van der Waals surface area contributed by atoms with Crippen LogP contribution in [0.4, 0.5) is 14.5 Å². The van der Waals surface area contributed by atoms with Gasteiger partial charge in [0.15, 0.2) is 6.10 Å². The zero-order valence-corrected chi connectivity index (χ0v) is 14.2. The van der Waals surface area contributed by atoms with Crippen LogP contribution in [0.1, 0.15) is 23.6 Å². The van der Waals surface area contributed by atoms with Crippen molar-refractivity contribution < 1.29 is 23.1 Å². The van der Waals surface area contributed by atoms with Gasteiger partial charge < -0.3 is 10.1 Å². The molecule has 2 rings (SSSR count). The molecule has 2 aromatic carbocycles. The van der Waals surface area contributed by atoms with Crippen LogP contribution in [0.15, 0.2) is 36.4 Å². The number of esters is 1. The molecular weight excluding hydrogens is 328 g/mol. The Balaban J connectivity index is 1.96. The Labute approximate surface area is 144 Å². The highest BCUT2D eigenvalue weighted by Gasteiger charge is 2.21. The lowest BCUT2D eigenvalue weighted by atomic mass is 10.0. The van der Waals surface area contributed by atoms with Crippen LogP contribution in [-0.4, -0.2) is 18.0 Å². The van der Waals surface area contributed by atoms with E-state index in [1.54, 1.807) is 0 Å². The van der Waals surface area contributed by atoms with E-state index in [0.717, 1.165) is 28.8 Å². The first-order valence-corrected chi connectivity index (χ1v) is 7.78. The standard InChI is InChI=1S/C19H19F2NO3/c1-11-7-8-14(9-12(11)2)10-17(23)25-13(3)19(24)22-18-15(20)5-4-6-16(18)21/h4-9,13H,10H2,1-3H3,(H,22,24)/t13-/m1/s1. The molecule has 0 radical (unpaired) electrons. The summed E-state index contributed by atoms with van der Waals surface area (Å²) in [5.41, 5.74) is 2.35. The molecule has 0 saturated heterocycles. The fourth-order valence-electron chi connectivity index (χ4n) is 2.21. The molecule has 0 saturated carbocycles. The molecule has 4 nitrogen and oxygen atoms in total. The quantitative estimate of drug-likeness (QED) is 0.839. The molecule has 0 fully saturated rings. The van der Waals surface area contributed by atoms with Crippen molar-refractivity contribution in [3.63, 3.8) is 0 Å². The molecule has 0 heterocycles. The third-order valence-electron chi connectivity index (χ3n) is 3.81. The minimum absolute atomic E-state index is 0.00675. The van der Waals surface area contributed by atoms with Crippen molar-refractivity contribution in [3.8, 4) is 0 Å². The Morgan fingerprint density at radius 3 is 2.32 bits per heavy atom. The molecule has 1 N–H and O–H groups in total. The smallest absolute Gasteiger partial charge is 0.311 e. The zero-order valence-electron chi connectivity index (χ0n) is 14.2. The Bertz CT molecular complexity index is 785. The third-order valence-corrected chi connectivity index (χ3v) is 3.81. The molecule has 1 amide bonds. The molecule has 6 heteroatoms. The zero-order chi connectivity index (χ0) is 18.6. The van der Waals surface area contributed by atoms with Crippen molar-refractivity contribution in [1.82, 2.24) is 0 Å². The van der Waals surface area contributed by atoms with Gasteiger partial charge in [-0.3, -0.25) is 9.59 Å². The third kappa shape index (κ3) is 4.86. The molecule has 0 aliphatic rings. The number of para-hydroxylation sites is 1. The average Bonchev–Trinajstić information content (AvgIpc) is 2.54. The van der Waals surface area contributed by atoms with E-state index in [2.05, 4.69) is 5.32 Å². The Morgan fingerprint density at radius 1 is 1.08 bits per heavy atom. The number of halogens is 2. The summed E-state index contributed by atoms with van der Waals surface area (Å²) >= 11 is 0. The van der Waals surface area contributed by atoms with Gasteiger partial charge in [0.2, 0.25) is 0 Å². The molecule has 0 aliphatic heterocycles. The number of hydrogen-bond acceptors (Lipinski definition) is 3. The van der Waals surface area contributed by atoms with E-state index in [1.807, 2.05) is 32.0 Å². The van der Waals surface area contributed by atoms with Gasteiger partial charge in [-0.25, -0.2) is 8.78 Å². The first kappa shape index (κ1) is 18.6. The SMILES string of the molecule is Cc1ccc(CC(=O)O[C@H](C)C(=O)Nc2c(F)cccc2F)cc1C. The molecule has 0 spiro atoms. The normalized spacial score (nSPS) is 11.7. The minimum atomic E-state index is -1.18. The molecular formula is C19H19F2NO3. The minimum Gasteiger partial charge on any atom is -0.452 e. The van der Waals surface area contributed by atoms with Crippen LogP contribution in [-0.2, 0) is 20.7 Å². The van der Waals surface area contributed by atoms with Crippen LogP contribution in [0.3, 0.4) is 0 Å². The number of aryl methyl sites for hydroxylation is 2. The largest absolute Gasteiger partial charge is 0.452 e. The van der Waals surface area contributed by atoms with Crippen LogP contribution in [0.25, 0.3) is 0 Å². The topological polar surface area (TPSA) is 55.4 Å². The Morgan fingerprint density at radius 2 is 1.72 bits per heavy atom. The molecule has 0 aliphatic carbocycles. The van der Waals surface area contributed by atoms with Crippen molar-refractivity contribution in [2.45, 2.75) is 33.3 Å². The summed E-state index contributed by atoms with van der Waals surface area (Å²) in [6, 6.07) is 8.81. The Hall–Kier alpha value is -2.76. The average molecular weight is 347 g/mol. The van der Waals surface area contributed by atoms with Crippen molar-refractivity contribution >= 4 is 17.6 Å². The predicted octanol–water partition coefficient (Wildman–Crippen LogP) is 3.69. The molecule has 25 heavy (non-hydrogen) atoms. The second-order valence-corrected chi connectivity index (χ2v) is 5.81. The van der Waals surface area contributed by atoms with E-state index in [-0.39, 0.29) is 6.42 Å². The van der Waals surface area contributed by atoms with Crippen molar-refractivity contribution in [2.75, 3.05) is 5.32 Å². The lowest BCUT2D eigenvalue weighted by Gasteiger charge is -2.14. The van der Waals surface area contributed by atoms with Crippen LogP contribution in [0.5, 0.6) is 0 Å². The summed E-state index contributed by atoms with van der Waals surface area (Å²) in [4.78, 5) is 23.9. The van der Waals surface area contributed by atoms with Crippen LogP contribution >= 0.6 is 0 Å². The number of rotatable bonds is 5. The van der Waals surface area contributed by atoms with Crippen LogP contribution < -0.4 is 5.32 Å². The number of benzene rings is 2. The van der Waals surface area contributed by atoms with E-state index in [4.69, 9.17) is 4.74 Å². The van der Waals surface area contributed by atoms with Gasteiger partial charge in [0.05, 0.1) is 6.42 Å². The van der Waals surface area contributed by atoms with Gasteiger partial charge in [0.1, 0.15) is 17.3 Å². The maximum absolute atomic E-state index is 13.5. The lowest BCUT2D eigenvalue weighted by Crippen LogP contribution is -2.31. The number of carbonyl (C=O) groups is 2. The highest BCUT2D eigenvalue weighted by atomic mass is 19.1. The summed E-state index contributed by atoms with van der Waals surface area (Å²) in [5, 5.41) is 2.10. The number of hydrogen-bond donors (Lipinski definition) is 1. The molecule has 0 unspecified atom stereocenters. The van der Waals surface area contributed by atoms with Gasteiger partial charge in [-0.05, 0) is 49.6 Å². The maximum Gasteiger partial charge on any atom is 0.311 e. The van der Waals surface area contributed by atoms with Crippen molar-refractivity contribution in [3.05, 3.63) is 64.7 Å². The second kappa shape index (κ2) is 7.88. The van der Waals surface area contributed by atoms with Gasteiger partial charge in [0.25, 0.3) is 5.91 Å². The monoisotopic (exact) mass is 347 g/mol. The van der Waals surface area contributed by atoms with Crippen LogP contribution in [0.2, 0.25) is 0 Å². The number of ether oxygens (including phenoxy) is 1. The van der Waals surface area contributed by atoms with Crippen molar-refractivity contribution in [2.24, 2.45) is 0 Å². The number of anilines is 1. The fraction of sp³-hybridized carbons (Fsp3) is 0.263. The van der Waals surface area contributed by atoms with Crippen molar-refractivity contribution in [1.29, 1.82) is 0 Å². The second-order valence-electron chi connectivity index (χ2n) is 5.81. The lowest BCUT2D eigenvalue weighted by molar-refractivity contribution is -0.152. The molecule has 0 aromatic heterocycles. The predicted molar refractivity (Wildman–Crippen MR) is 90.2 cm³/mol. The number of amides is 1. The van der Waals surface area contributed by atoms with Gasteiger partial charge in [-0.15, -0.1) is 0 Å². The highest BCUT2D eigenvalue weighted by Crippen LogP contribution is 2.18. The van der Waals surface area contributed by atoms with E-state index in [1.165, 1.54) is 13.0 Å². The number of nitrogens with one attached hydrogen (secondary N) is 1. The van der Waals surface area contributed by atoms with E-state index >= 15 is 0 Å². The summed E-state index contributed by atoms with van der Waals surface area (Å²) in [6.07, 6.45) is -1.18. The fourth-order valence-corrected chi connectivity index (χ4v) is 2.21. The Kier molecular flexibility index (Phi) is 5.85. The molecule has 1 atom stereocenters. The highest BCUT2D eigenvalue weighted by molar-refractivity contribution is 5.95. The van der Waals surface area contributed by atoms with Gasteiger partial charge >= 0.3 is 5.97 Å². The summed E-state index contributed by atoms with van der Waals surface area (Å²) < 4.78 is 32.1. The van der Waals surface area contributed by atoms with E-state index < -0.39 is 35.3 Å². The van der Waals surface area contributed by atoms with E-state index in [9.17, 15) is 18.4 Å². The first-order chi connectivity index (χ1) is 11.8. The summed E-state index contributed by atoms with van der Waals surface area (Å²) in [6.45, 7) is 5.24. The van der Waals surface area contributed by atoms with Gasteiger partial charge in [-0.2, -0.15) is 0 Å². The molecule has 132 valence electrons. The number of carbonyl (C=O) groups excluding carboxylic acids is 2. The molecule has 0 bridgehead atoms. The van der Waals surface area contributed by atoms with Gasteiger partial charge in [-0.1, -0.05) is 24.3 Å². The van der Waals surface area contributed by atoms with E-state index in [0.29, 0.717) is 0 Å². The summed E-state index contributed by atoms with van der Waals surface area (Å²) in [5.74, 6) is -3.21. The van der Waals surface area contributed by atoms with Crippen LogP contribution in [0, 0.1) is 25.5 Å².